The second-order valence-corrected chi connectivity index (χ2v) is 8.42. The first kappa shape index (κ1) is 16.8. The van der Waals surface area contributed by atoms with Crippen molar-refractivity contribution in [3.05, 3.63) is 51.9 Å². The zero-order chi connectivity index (χ0) is 17.2. The predicted molar refractivity (Wildman–Crippen MR) is 110 cm³/mol. The van der Waals surface area contributed by atoms with E-state index in [2.05, 4.69) is 14.9 Å². The summed E-state index contributed by atoms with van der Waals surface area (Å²) in [6, 6.07) is 9.95. The minimum absolute atomic E-state index is 0.0761. The third-order valence-electron chi connectivity index (χ3n) is 4.27. The molecule has 1 fully saturated rings. The van der Waals surface area contributed by atoms with Gasteiger partial charge in [0.2, 0.25) is 0 Å². The summed E-state index contributed by atoms with van der Waals surface area (Å²) in [4.78, 5) is 23.2. The molecular formula is C18H17N3OS3. The number of aromatic nitrogens is 2. The Bertz CT molecular complexity index is 959. The number of likely N-dealkylation sites (tertiary alicyclic amines) is 1. The average Bonchev–Trinajstić information content (AvgIpc) is 3.30. The van der Waals surface area contributed by atoms with Gasteiger partial charge in [-0.1, -0.05) is 54.3 Å². The van der Waals surface area contributed by atoms with Crippen molar-refractivity contribution >= 4 is 49.9 Å². The quantitative estimate of drug-likeness (QED) is 0.680. The number of thiophene rings is 1. The molecule has 128 valence electrons. The van der Waals surface area contributed by atoms with Crippen molar-refractivity contribution in [2.45, 2.75) is 18.6 Å². The van der Waals surface area contributed by atoms with Gasteiger partial charge in [-0.2, -0.15) is 0 Å². The Labute approximate surface area is 159 Å². The molecule has 0 atom stereocenters. The molecule has 0 spiro atoms. The zero-order valence-electron chi connectivity index (χ0n) is 13.5. The van der Waals surface area contributed by atoms with Crippen molar-refractivity contribution in [1.29, 1.82) is 0 Å². The molecule has 7 heteroatoms. The highest BCUT2D eigenvalue weighted by atomic mass is 32.2. The normalized spacial score (nSPS) is 14.3. The van der Waals surface area contributed by atoms with E-state index in [0.29, 0.717) is 17.0 Å². The molecule has 4 nitrogen and oxygen atoms in total. The fourth-order valence-corrected chi connectivity index (χ4v) is 5.10. The molecule has 0 unspecified atom stereocenters. The molecule has 0 saturated carbocycles. The van der Waals surface area contributed by atoms with Gasteiger partial charge in [0.05, 0.1) is 11.1 Å². The standard InChI is InChI=1S/C18H17N3OS3/c22-16-15-13(12-6-2-1-3-7-12)10-24-17(15)20-14(19-16)11-25-18(23)21-8-4-5-9-21/h1-3,6-7,10H,4-5,8-9,11H2,(H,19,20,22). The van der Waals surface area contributed by atoms with E-state index in [1.807, 2.05) is 35.7 Å². The zero-order valence-corrected chi connectivity index (χ0v) is 16.0. The van der Waals surface area contributed by atoms with Gasteiger partial charge in [0.25, 0.3) is 5.56 Å². The summed E-state index contributed by atoms with van der Waals surface area (Å²) >= 11 is 8.57. The molecule has 1 aliphatic heterocycles. The maximum absolute atomic E-state index is 12.6. The Balaban J connectivity index is 1.58. The molecule has 1 saturated heterocycles. The number of aromatic amines is 1. The van der Waals surface area contributed by atoms with Gasteiger partial charge in [-0.25, -0.2) is 4.98 Å². The van der Waals surface area contributed by atoms with E-state index in [1.54, 1.807) is 11.8 Å². The fraction of sp³-hybridized carbons (Fsp3) is 0.278. The molecule has 3 heterocycles. The van der Waals surface area contributed by atoms with E-state index in [1.165, 1.54) is 24.2 Å². The second kappa shape index (κ2) is 7.27. The molecule has 2 aromatic heterocycles. The minimum atomic E-state index is -0.0761. The summed E-state index contributed by atoms with van der Waals surface area (Å²) in [6.45, 7) is 2.08. The van der Waals surface area contributed by atoms with E-state index >= 15 is 0 Å². The van der Waals surface area contributed by atoms with Crippen molar-refractivity contribution in [2.75, 3.05) is 13.1 Å². The Morgan fingerprint density at radius 3 is 2.80 bits per heavy atom. The molecular weight excluding hydrogens is 370 g/mol. The average molecular weight is 388 g/mol. The Morgan fingerprint density at radius 1 is 1.28 bits per heavy atom. The van der Waals surface area contributed by atoms with Crippen LogP contribution in [-0.2, 0) is 5.75 Å². The second-order valence-electron chi connectivity index (χ2n) is 5.96. The van der Waals surface area contributed by atoms with Crippen LogP contribution in [0.1, 0.15) is 18.7 Å². The summed E-state index contributed by atoms with van der Waals surface area (Å²) in [7, 11) is 0. The highest BCUT2D eigenvalue weighted by molar-refractivity contribution is 8.22. The van der Waals surface area contributed by atoms with Gasteiger partial charge in [0.15, 0.2) is 0 Å². The summed E-state index contributed by atoms with van der Waals surface area (Å²) in [6.07, 6.45) is 2.42. The summed E-state index contributed by atoms with van der Waals surface area (Å²) in [5.41, 5.74) is 1.91. The lowest BCUT2D eigenvalue weighted by molar-refractivity contribution is 0.539. The number of thiocarbonyl (C=S) groups is 1. The van der Waals surface area contributed by atoms with E-state index in [9.17, 15) is 4.79 Å². The number of rotatable bonds is 3. The lowest BCUT2D eigenvalue weighted by atomic mass is 10.1. The van der Waals surface area contributed by atoms with Gasteiger partial charge in [-0.15, -0.1) is 11.3 Å². The van der Waals surface area contributed by atoms with Gasteiger partial charge in [-0.3, -0.25) is 4.79 Å². The smallest absolute Gasteiger partial charge is 0.260 e. The van der Waals surface area contributed by atoms with Crippen LogP contribution in [0, 0.1) is 0 Å². The van der Waals surface area contributed by atoms with Crippen LogP contribution in [0.2, 0.25) is 0 Å². The summed E-state index contributed by atoms with van der Waals surface area (Å²) in [5.74, 6) is 1.28. The van der Waals surface area contributed by atoms with Crippen molar-refractivity contribution < 1.29 is 0 Å². The molecule has 0 amide bonds. The van der Waals surface area contributed by atoms with Gasteiger partial charge < -0.3 is 9.88 Å². The fourth-order valence-electron chi connectivity index (χ4n) is 3.01. The summed E-state index contributed by atoms with van der Waals surface area (Å²) in [5, 5.41) is 2.68. The largest absolute Gasteiger partial charge is 0.358 e. The Morgan fingerprint density at radius 2 is 2.04 bits per heavy atom. The molecule has 3 aromatic rings. The Hall–Kier alpha value is -1.70. The molecule has 1 aromatic carbocycles. The molecule has 1 N–H and O–H groups in total. The first-order valence-corrected chi connectivity index (χ1v) is 10.5. The van der Waals surface area contributed by atoms with Gasteiger partial charge >= 0.3 is 0 Å². The van der Waals surface area contributed by atoms with E-state index in [0.717, 1.165) is 33.4 Å². The van der Waals surface area contributed by atoms with Crippen LogP contribution in [0.3, 0.4) is 0 Å². The van der Waals surface area contributed by atoms with Crippen LogP contribution >= 0.6 is 35.3 Å². The number of nitrogens with zero attached hydrogens (tertiary/aromatic N) is 2. The SMILES string of the molecule is O=c1[nH]c(CSC(=S)N2CCCC2)nc2scc(-c3ccccc3)c12. The summed E-state index contributed by atoms with van der Waals surface area (Å²) < 4.78 is 0.899. The third-order valence-corrected chi connectivity index (χ3v) is 6.68. The van der Waals surface area contributed by atoms with Crippen molar-refractivity contribution in [3.63, 3.8) is 0 Å². The van der Waals surface area contributed by atoms with E-state index in [-0.39, 0.29) is 5.56 Å². The number of hydrogen-bond donors (Lipinski definition) is 1. The highest BCUT2D eigenvalue weighted by Crippen LogP contribution is 2.30. The number of H-pyrrole nitrogens is 1. The maximum atomic E-state index is 12.6. The van der Waals surface area contributed by atoms with Crippen LogP contribution in [0.4, 0.5) is 0 Å². The lowest BCUT2D eigenvalue weighted by Gasteiger charge is -2.17. The molecule has 0 aliphatic carbocycles. The van der Waals surface area contributed by atoms with E-state index in [4.69, 9.17) is 12.2 Å². The maximum Gasteiger partial charge on any atom is 0.260 e. The monoisotopic (exact) mass is 387 g/mol. The Kier molecular flexibility index (Phi) is 4.87. The number of nitrogens with one attached hydrogen (secondary N) is 1. The molecule has 4 rings (SSSR count). The van der Waals surface area contributed by atoms with Gasteiger partial charge in [0, 0.05) is 24.0 Å². The molecule has 1 aliphatic rings. The van der Waals surface area contributed by atoms with Crippen molar-refractivity contribution in [2.24, 2.45) is 0 Å². The van der Waals surface area contributed by atoms with Crippen LogP contribution < -0.4 is 5.56 Å². The molecule has 25 heavy (non-hydrogen) atoms. The van der Waals surface area contributed by atoms with Crippen LogP contribution in [0.25, 0.3) is 21.3 Å². The number of benzene rings is 1. The number of thioether (sulfide) groups is 1. The van der Waals surface area contributed by atoms with Crippen LogP contribution in [0.15, 0.2) is 40.5 Å². The van der Waals surface area contributed by atoms with Crippen molar-refractivity contribution in [3.8, 4) is 11.1 Å². The minimum Gasteiger partial charge on any atom is -0.358 e. The molecule has 0 bridgehead atoms. The first-order valence-electron chi connectivity index (χ1n) is 8.20. The van der Waals surface area contributed by atoms with Gasteiger partial charge in [0.1, 0.15) is 15.0 Å². The topological polar surface area (TPSA) is 49.0 Å². The van der Waals surface area contributed by atoms with Crippen LogP contribution in [-0.4, -0.2) is 32.3 Å². The lowest BCUT2D eigenvalue weighted by Crippen LogP contribution is -2.23. The van der Waals surface area contributed by atoms with Crippen LogP contribution in [0.5, 0.6) is 0 Å². The number of hydrogen-bond acceptors (Lipinski definition) is 5. The molecule has 0 radical (unpaired) electrons. The predicted octanol–water partition coefficient (Wildman–Crippen LogP) is 4.27. The third kappa shape index (κ3) is 3.49. The van der Waals surface area contributed by atoms with Crippen molar-refractivity contribution in [1.82, 2.24) is 14.9 Å². The van der Waals surface area contributed by atoms with Gasteiger partial charge in [-0.05, 0) is 18.4 Å². The highest BCUT2D eigenvalue weighted by Gasteiger charge is 2.17. The number of fused-ring (bicyclic) bond motifs is 1. The van der Waals surface area contributed by atoms with E-state index < -0.39 is 0 Å². The first-order chi connectivity index (χ1) is 12.2.